The lowest BCUT2D eigenvalue weighted by atomic mass is 10.0. The topological polar surface area (TPSA) is 51.2 Å². The standard InChI is InChI=1S/C21H20N2O2S/c24-21(23-20(16-6-7-16)15-4-2-1-3-5-15)17-8-10-19(11-9-17)25-12-18-13-26-14-22-18/h1-5,8-11,13-14,16,20H,6-7,12H2,(H,23,24). The smallest absolute Gasteiger partial charge is 0.251 e. The Morgan fingerprint density at radius 3 is 2.58 bits per heavy atom. The van der Waals surface area contributed by atoms with E-state index in [0.717, 1.165) is 11.4 Å². The van der Waals surface area contributed by atoms with E-state index in [9.17, 15) is 4.79 Å². The van der Waals surface area contributed by atoms with Gasteiger partial charge in [0.15, 0.2) is 0 Å². The van der Waals surface area contributed by atoms with Crippen LogP contribution in [0.15, 0.2) is 65.5 Å². The van der Waals surface area contributed by atoms with E-state index < -0.39 is 0 Å². The van der Waals surface area contributed by atoms with Gasteiger partial charge >= 0.3 is 0 Å². The van der Waals surface area contributed by atoms with Gasteiger partial charge in [-0.1, -0.05) is 30.3 Å². The molecule has 3 aromatic rings. The maximum atomic E-state index is 12.7. The molecule has 1 amide bonds. The lowest BCUT2D eigenvalue weighted by Gasteiger charge is -2.19. The van der Waals surface area contributed by atoms with Gasteiger partial charge in [0.1, 0.15) is 12.4 Å². The Morgan fingerprint density at radius 1 is 1.15 bits per heavy atom. The summed E-state index contributed by atoms with van der Waals surface area (Å²) in [4.78, 5) is 16.8. The molecule has 132 valence electrons. The minimum Gasteiger partial charge on any atom is -0.487 e. The Morgan fingerprint density at radius 2 is 1.92 bits per heavy atom. The van der Waals surface area contributed by atoms with Crippen LogP contribution in [-0.4, -0.2) is 10.9 Å². The Labute approximate surface area is 156 Å². The van der Waals surface area contributed by atoms with E-state index in [1.54, 1.807) is 29.0 Å². The number of hydrogen-bond donors (Lipinski definition) is 1. The third kappa shape index (κ3) is 4.11. The SMILES string of the molecule is O=C(NC(c1ccccc1)C1CC1)c1ccc(OCc2cscn2)cc1. The van der Waals surface area contributed by atoms with E-state index in [1.165, 1.54) is 18.4 Å². The molecule has 1 aliphatic rings. The number of ether oxygens (including phenoxy) is 1. The predicted octanol–water partition coefficient (Wildman–Crippen LogP) is 4.60. The van der Waals surface area contributed by atoms with Crippen molar-refractivity contribution in [2.75, 3.05) is 0 Å². The molecule has 4 rings (SSSR count). The van der Waals surface area contributed by atoms with Crippen LogP contribution in [-0.2, 0) is 6.61 Å². The third-order valence-corrected chi connectivity index (χ3v) is 5.16. The van der Waals surface area contributed by atoms with Crippen molar-refractivity contribution in [3.05, 3.63) is 82.3 Å². The summed E-state index contributed by atoms with van der Waals surface area (Å²) in [5.41, 5.74) is 4.51. The van der Waals surface area contributed by atoms with E-state index in [2.05, 4.69) is 22.4 Å². The largest absolute Gasteiger partial charge is 0.487 e. The molecule has 4 nitrogen and oxygen atoms in total. The van der Waals surface area contributed by atoms with Gasteiger partial charge in [0, 0.05) is 10.9 Å². The van der Waals surface area contributed by atoms with Crippen LogP contribution in [0, 0.1) is 5.92 Å². The first-order valence-corrected chi connectivity index (χ1v) is 9.69. The molecule has 0 bridgehead atoms. The summed E-state index contributed by atoms with van der Waals surface area (Å²) in [5.74, 6) is 1.23. The summed E-state index contributed by atoms with van der Waals surface area (Å²) in [7, 11) is 0. The number of hydrogen-bond acceptors (Lipinski definition) is 4. The van der Waals surface area contributed by atoms with Gasteiger partial charge in [-0.3, -0.25) is 4.79 Å². The quantitative estimate of drug-likeness (QED) is 0.666. The van der Waals surface area contributed by atoms with Crippen molar-refractivity contribution >= 4 is 17.2 Å². The van der Waals surface area contributed by atoms with Gasteiger partial charge in [0.05, 0.1) is 17.2 Å². The van der Waals surface area contributed by atoms with Crippen LogP contribution in [0.3, 0.4) is 0 Å². The highest BCUT2D eigenvalue weighted by atomic mass is 32.1. The van der Waals surface area contributed by atoms with Crippen LogP contribution in [0.4, 0.5) is 0 Å². The molecule has 1 N–H and O–H groups in total. The molecule has 0 saturated heterocycles. The molecule has 1 aromatic heterocycles. The lowest BCUT2D eigenvalue weighted by Crippen LogP contribution is -2.29. The van der Waals surface area contributed by atoms with E-state index in [-0.39, 0.29) is 11.9 Å². The van der Waals surface area contributed by atoms with Gasteiger partial charge in [-0.15, -0.1) is 11.3 Å². The average molecular weight is 364 g/mol. The van der Waals surface area contributed by atoms with Crippen LogP contribution >= 0.6 is 11.3 Å². The number of nitrogens with one attached hydrogen (secondary N) is 1. The first-order chi connectivity index (χ1) is 12.8. The van der Waals surface area contributed by atoms with Crippen LogP contribution in [0.25, 0.3) is 0 Å². The monoisotopic (exact) mass is 364 g/mol. The second kappa shape index (κ2) is 7.70. The zero-order chi connectivity index (χ0) is 17.8. The molecule has 0 radical (unpaired) electrons. The molecule has 1 aliphatic carbocycles. The number of benzene rings is 2. The van der Waals surface area contributed by atoms with Crippen molar-refractivity contribution < 1.29 is 9.53 Å². The zero-order valence-electron chi connectivity index (χ0n) is 14.3. The summed E-state index contributed by atoms with van der Waals surface area (Å²) >= 11 is 1.55. The van der Waals surface area contributed by atoms with Gasteiger partial charge in [-0.25, -0.2) is 4.98 Å². The molecule has 2 aromatic carbocycles. The average Bonchev–Trinajstić information content (AvgIpc) is 3.40. The van der Waals surface area contributed by atoms with Crippen LogP contribution in [0.2, 0.25) is 0 Å². The second-order valence-corrected chi connectivity index (χ2v) is 7.21. The van der Waals surface area contributed by atoms with Gasteiger partial charge in [-0.2, -0.15) is 0 Å². The van der Waals surface area contributed by atoms with Crippen LogP contribution in [0.1, 0.15) is 40.5 Å². The number of nitrogens with zero attached hydrogens (tertiary/aromatic N) is 1. The summed E-state index contributed by atoms with van der Waals surface area (Å²) in [6.07, 6.45) is 2.34. The third-order valence-electron chi connectivity index (χ3n) is 4.53. The molecule has 1 atom stereocenters. The summed E-state index contributed by atoms with van der Waals surface area (Å²) in [6, 6.07) is 17.6. The van der Waals surface area contributed by atoms with Crippen LogP contribution < -0.4 is 10.1 Å². The molecule has 0 spiro atoms. The first-order valence-electron chi connectivity index (χ1n) is 8.75. The predicted molar refractivity (Wildman–Crippen MR) is 102 cm³/mol. The molecule has 1 fully saturated rings. The van der Waals surface area contributed by atoms with E-state index >= 15 is 0 Å². The second-order valence-electron chi connectivity index (χ2n) is 6.49. The first kappa shape index (κ1) is 16.8. The minimum atomic E-state index is -0.0446. The number of carbonyl (C=O) groups is 1. The van der Waals surface area contributed by atoms with E-state index in [1.807, 2.05) is 35.7 Å². The fraction of sp³-hybridized carbons (Fsp3) is 0.238. The Hall–Kier alpha value is -2.66. The molecule has 5 heteroatoms. The van der Waals surface area contributed by atoms with Crippen molar-refractivity contribution in [3.8, 4) is 5.75 Å². The molecule has 26 heavy (non-hydrogen) atoms. The maximum absolute atomic E-state index is 12.7. The molecule has 1 heterocycles. The summed E-state index contributed by atoms with van der Waals surface area (Å²) in [6.45, 7) is 0.437. The zero-order valence-corrected chi connectivity index (χ0v) is 15.1. The highest BCUT2D eigenvalue weighted by Gasteiger charge is 2.33. The molecular formula is C21H20N2O2S. The van der Waals surface area contributed by atoms with Crippen molar-refractivity contribution in [3.63, 3.8) is 0 Å². The lowest BCUT2D eigenvalue weighted by molar-refractivity contribution is 0.0931. The van der Waals surface area contributed by atoms with Gasteiger partial charge in [0.2, 0.25) is 0 Å². The molecule has 1 saturated carbocycles. The van der Waals surface area contributed by atoms with Crippen molar-refractivity contribution in [1.29, 1.82) is 0 Å². The van der Waals surface area contributed by atoms with Crippen molar-refractivity contribution in [1.82, 2.24) is 10.3 Å². The van der Waals surface area contributed by atoms with Gasteiger partial charge in [0.25, 0.3) is 5.91 Å². The summed E-state index contributed by atoms with van der Waals surface area (Å²) < 4.78 is 5.70. The number of amides is 1. The van der Waals surface area contributed by atoms with Crippen LogP contribution in [0.5, 0.6) is 5.75 Å². The Kier molecular flexibility index (Phi) is 4.97. The minimum absolute atomic E-state index is 0.0446. The molecule has 1 unspecified atom stereocenters. The van der Waals surface area contributed by atoms with Gasteiger partial charge < -0.3 is 10.1 Å². The molecule has 0 aliphatic heterocycles. The normalized spacial score (nSPS) is 14.6. The number of aromatic nitrogens is 1. The van der Waals surface area contributed by atoms with Crippen molar-refractivity contribution in [2.45, 2.75) is 25.5 Å². The Balaban J connectivity index is 1.39. The number of thiazole rings is 1. The van der Waals surface area contributed by atoms with E-state index in [4.69, 9.17) is 4.74 Å². The highest BCUT2D eigenvalue weighted by Crippen LogP contribution is 2.41. The fourth-order valence-corrected chi connectivity index (χ4v) is 3.50. The fourth-order valence-electron chi connectivity index (χ4n) is 2.96. The van der Waals surface area contributed by atoms with Gasteiger partial charge in [-0.05, 0) is 48.6 Å². The van der Waals surface area contributed by atoms with Crippen molar-refractivity contribution in [2.24, 2.45) is 5.92 Å². The van der Waals surface area contributed by atoms with E-state index in [0.29, 0.717) is 18.1 Å². The highest BCUT2D eigenvalue weighted by molar-refractivity contribution is 7.07. The summed E-state index contributed by atoms with van der Waals surface area (Å²) in [5, 5.41) is 5.16. The molecular weight excluding hydrogens is 344 g/mol. The maximum Gasteiger partial charge on any atom is 0.251 e. The Bertz CT molecular complexity index is 843. The number of carbonyl (C=O) groups excluding carboxylic acids is 1. The number of rotatable bonds is 7.